The monoisotopic (exact) mass is 408 g/mol. The number of benzene rings is 2. The fourth-order valence-electron chi connectivity index (χ4n) is 3.42. The maximum absolute atomic E-state index is 6.06. The van der Waals surface area contributed by atoms with Crippen LogP contribution in [-0.2, 0) is 0 Å². The van der Waals surface area contributed by atoms with E-state index in [9.17, 15) is 0 Å². The van der Waals surface area contributed by atoms with E-state index in [2.05, 4.69) is 20.5 Å². The first kappa shape index (κ1) is 18.7. The van der Waals surface area contributed by atoms with Crippen molar-refractivity contribution in [1.82, 2.24) is 19.7 Å². The number of anilines is 1. The van der Waals surface area contributed by atoms with Crippen molar-refractivity contribution < 1.29 is 4.42 Å². The van der Waals surface area contributed by atoms with Crippen LogP contribution in [0.2, 0.25) is 0 Å². The van der Waals surface area contributed by atoms with Crippen LogP contribution in [0.15, 0.2) is 82.4 Å². The van der Waals surface area contributed by atoms with Gasteiger partial charge in [0.05, 0.1) is 11.9 Å². The van der Waals surface area contributed by atoms with Crippen LogP contribution in [0.4, 0.5) is 5.95 Å². The van der Waals surface area contributed by atoms with Gasteiger partial charge < -0.3 is 4.42 Å². The second-order valence-electron chi connectivity index (χ2n) is 7.21. The number of hydrazone groups is 1. The lowest BCUT2D eigenvalue weighted by Crippen LogP contribution is -1.99. The summed E-state index contributed by atoms with van der Waals surface area (Å²) in [6, 6.07) is 21.7. The summed E-state index contributed by atoms with van der Waals surface area (Å²) in [6.45, 7) is 3.85. The van der Waals surface area contributed by atoms with Crippen molar-refractivity contribution in [2.24, 2.45) is 5.10 Å². The summed E-state index contributed by atoms with van der Waals surface area (Å²) in [4.78, 5) is 8.70. The lowest BCUT2D eigenvalue weighted by molar-refractivity contribution is 0.627. The van der Waals surface area contributed by atoms with Gasteiger partial charge in [-0.15, -0.1) is 0 Å². The van der Waals surface area contributed by atoms with Gasteiger partial charge in [0.25, 0.3) is 0 Å². The Morgan fingerprint density at radius 3 is 2.45 bits per heavy atom. The Balaban J connectivity index is 1.53. The zero-order valence-corrected chi connectivity index (χ0v) is 17.1. The first-order valence-electron chi connectivity index (χ1n) is 9.91. The van der Waals surface area contributed by atoms with Gasteiger partial charge in [0.2, 0.25) is 5.95 Å². The molecule has 0 unspecified atom stereocenters. The number of rotatable bonds is 5. The Kier molecular flexibility index (Phi) is 4.76. The van der Waals surface area contributed by atoms with Gasteiger partial charge in [-0.3, -0.25) is 0 Å². The molecule has 3 aromatic heterocycles. The Labute approximate surface area is 179 Å². The van der Waals surface area contributed by atoms with Crippen LogP contribution in [0.5, 0.6) is 0 Å². The fraction of sp³-hybridized carbons (Fsp3) is 0.0833. The maximum Gasteiger partial charge on any atom is 0.243 e. The van der Waals surface area contributed by atoms with E-state index >= 15 is 0 Å². The number of aryl methyl sites for hydroxylation is 2. The molecule has 0 aliphatic rings. The molecule has 152 valence electrons. The van der Waals surface area contributed by atoms with Crippen molar-refractivity contribution in [3.05, 3.63) is 89.9 Å². The van der Waals surface area contributed by atoms with Crippen molar-refractivity contribution in [2.75, 3.05) is 5.43 Å². The average Bonchev–Trinajstić information content (AvgIpc) is 3.38. The molecule has 0 fully saturated rings. The van der Waals surface area contributed by atoms with Crippen molar-refractivity contribution in [2.45, 2.75) is 13.8 Å². The third-order valence-electron chi connectivity index (χ3n) is 4.77. The number of fused-ring (bicyclic) bond motifs is 1. The van der Waals surface area contributed by atoms with Crippen LogP contribution in [0, 0.1) is 13.8 Å². The van der Waals surface area contributed by atoms with Gasteiger partial charge in [-0.1, -0.05) is 36.4 Å². The Morgan fingerprint density at radius 2 is 1.68 bits per heavy atom. The molecule has 0 aliphatic carbocycles. The van der Waals surface area contributed by atoms with E-state index in [1.807, 2.05) is 91.5 Å². The molecule has 0 atom stereocenters. The van der Waals surface area contributed by atoms with Gasteiger partial charge in [-0.2, -0.15) is 10.2 Å². The SMILES string of the molecule is Cc1cc(C)nc(N/N=C\c2cn(-c3ccccc3)nc2-c2cc3ccccc3o2)n1. The van der Waals surface area contributed by atoms with Crippen LogP contribution in [0.25, 0.3) is 28.1 Å². The topological polar surface area (TPSA) is 81.1 Å². The summed E-state index contributed by atoms with van der Waals surface area (Å²) in [5.41, 5.74) is 7.94. The highest BCUT2D eigenvalue weighted by Gasteiger charge is 2.15. The highest BCUT2D eigenvalue weighted by molar-refractivity contribution is 5.90. The third-order valence-corrected chi connectivity index (χ3v) is 4.77. The number of para-hydroxylation sites is 2. The first-order valence-corrected chi connectivity index (χ1v) is 9.91. The number of nitrogens with one attached hydrogen (secondary N) is 1. The molecule has 0 bridgehead atoms. The van der Waals surface area contributed by atoms with Crippen LogP contribution in [-0.4, -0.2) is 26.0 Å². The summed E-state index contributed by atoms with van der Waals surface area (Å²) in [5, 5.41) is 10.1. The maximum atomic E-state index is 6.06. The molecule has 7 nitrogen and oxygen atoms in total. The van der Waals surface area contributed by atoms with E-state index in [1.165, 1.54) is 0 Å². The Morgan fingerprint density at radius 1 is 0.935 bits per heavy atom. The van der Waals surface area contributed by atoms with Crippen molar-refractivity contribution >= 4 is 23.1 Å². The summed E-state index contributed by atoms with van der Waals surface area (Å²) in [5.74, 6) is 1.13. The zero-order valence-electron chi connectivity index (χ0n) is 17.1. The Hall–Kier alpha value is -4.26. The molecular weight excluding hydrogens is 388 g/mol. The van der Waals surface area contributed by atoms with Gasteiger partial charge in [0.1, 0.15) is 11.3 Å². The lowest BCUT2D eigenvalue weighted by atomic mass is 10.2. The third kappa shape index (κ3) is 3.93. The molecule has 0 amide bonds. The second-order valence-corrected chi connectivity index (χ2v) is 7.21. The zero-order chi connectivity index (χ0) is 21.2. The molecule has 3 heterocycles. The van der Waals surface area contributed by atoms with Crippen molar-refractivity contribution in [3.8, 4) is 17.1 Å². The molecule has 5 rings (SSSR count). The molecule has 0 spiro atoms. The number of nitrogens with zero attached hydrogens (tertiary/aromatic N) is 5. The minimum absolute atomic E-state index is 0.453. The van der Waals surface area contributed by atoms with E-state index < -0.39 is 0 Å². The number of hydrogen-bond acceptors (Lipinski definition) is 6. The van der Waals surface area contributed by atoms with Gasteiger partial charge in [-0.25, -0.2) is 20.1 Å². The average molecular weight is 408 g/mol. The fourth-order valence-corrected chi connectivity index (χ4v) is 3.42. The minimum atomic E-state index is 0.453. The van der Waals surface area contributed by atoms with Crippen LogP contribution >= 0.6 is 0 Å². The van der Waals surface area contributed by atoms with E-state index in [-0.39, 0.29) is 0 Å². The number of furan rings is 1. The summed E-state index contributed by atoms with van der Waals surface area (Å²) in [6.07, 6.45) is 3.63. The normalized spacial score (nSPS) is 11.4. The van der Waals surface area contributed by atoms with Crippen molar-refractivity contribution in [3.63, 3.8) is 0 Å². The van der Waals surface area contributed by atoms with Gasteiger partial charge in [-0.05, 0) is 44.2 Å². The summed E-state index contributed by atoms with van der Waals surface area (Å²) in [7, 11) is 0. The van der Waals surface area contributed by atoms with E-state index in [0.29, 0.717) is 17.4 Å². The van der Waals surface area contributed by atoms with Crippen molar-refractivity contribution in [1.29, 1.82) is 0 Å². The molecule has 2 aromatic carbocycles. The smallest absolute Gasteiger partial charge is 0.243 e. The number of aromatic nitrogens is 4. The van der Waals surface area contributed by atoms with Gasteiger partial charge >= 0.3 is 0 Å². The highest BCUT2D eigenvalue weighted by Crippen LogP contribution is 2.29. The molecule has 0 aliphatic heterocycles. The second kappa shape index (κ2) is 7.87. The molecule has 0 saturated heterocycles. The summed E-state index contributed by atoms with van der Waals surface area (Å²) < 4.78 is 7.87. The molecular formula is C24H20N6O. The van der Waals surface area contributed by atoms with E-state index in [4.69, 9.17) is 9.52 Å². The molecule has 1 N–H and O–H groups in total. The Bertz CT molecular complexity index is 1330. The predicted molar refractivity (Wildman–Crippen MR) is 121 cm³/mol. The molecule has 7 heteroatoms. The quantitative estimate of drug-likeness (QED) is 0.322. The van der Waals surface area contributed by atoms with E-state index in [0.717, 1.165) is 33.6 Å². The molecule has 31 heavy (non-hydrogen) atoms. The highest BCUT2D eigenvalue weighted by atomic mass is 16.3. The van der Waals surface area contributed by atoms with Crippen LogP contribution in [0.3, 0.4) is 0 Å². The van der Waals surface area contributed by atoms with Gasteiger partial charge in [0.15, 0.2) is 5.76 Å². The van der Waals surface area contributed by atoms with Crippen LogP contribution in [0.1, 0.15) is 17.0 Å². The largest absolute Gasteiger partial charge is 0.454 e. The van der Waals surface area contributed by atoms with Gasteiger partial charge in [0, 0.05) is 28.5 Å². The first-order chi connectivity index (χ1) is 15.2. The lowest BCUT2D eigenvalue weighted by Gasteiger charge is -2.01. The standard InChI is InChI=1S/C24H20N6O/c1-16-12-17(2)27-24(26-16)28-25-14-19-15-30(20-9-4-3-5-10-20)29-23(19)22-13-18-8-6-7-11-21(18)31-22/h3-15H,1-2H3,(H,26,27,28)/b25-14-. The molecule has 0 saturated carbocycles. The molecule has 0 radical (unpaired) electrons. The van der Waals surface area contributed by atoms with E-state index in [1.54, 1.807) is 6.21 Å². The number of hydrogen-bond donors (Lipinski definition) is 1. The minimum Gasteiger partial charge on any atom is -0.454 e. The molecule has 5 aromatic rings. The van der Waals surface area contributed by atoms with Crippen LogP contribution < -0.4 is 5.43 Å². The summed E-state index contributed by atoms with van der Waals surface area (Å²) >= 11 is 0. The predicted octanol–water partition coefficient (Wildman–Crippen LogP) is 5.14.